The van der Waals surface area contributed by atoms with Crippen molar-refractivity contribution in [3.8, 4) is 17.0 Å². The van der Waals surface area contributed by atoms with Crippen LogP contribution in [-0.4, -0.2) is 35.3 Å². The second kappa shape index (κ2) is 6.98. The highest BCUT2D eigenvalue weighted by Crippen LogP contribution is 2.37. The maximum Gasteiger partial charge on any atom is 0.186 e. The molecule has 1 aliphatic carbocycles. The van der Waals surface area contributed by atoms with Crippen LogP contribution in [0.2, 0.25) is 0 Å². The number of benzene rings is 1. The molecule has 130 valence electrons. The first kappa shape index (κ1) is 17.0. The number of methoxy groups -OCH3 is 1. The molecule has 0 saturated heterocycles. The third-order valence-corrected chi connectivity index (χ3v) is 5.09. The van der Waals surface area contributed by atoms with Gasteiger partial charge in [-0.1, -0.05) is 23.4 Å². The van der Waals surface area contributed by atoms with Gasteiger partial charge in [0.25, 0.3) is 0 Å². The zero-order valence-electron chi connectivity index (χ0n) is 15.4. The fraction of sp³-hybridized carbons (Fsp3) is 0.550. The van der Waals surface area contributed by atoms with Crippen molar-refractivity contribution in [2.75, 3.05) is 7.11 Å². The average molecular weight is 328 g/mol. The van der Waals surface area contributed by atoms with Gasteiger partial charge in [0, 0.05) is 23.7 Å². The lowest BCUT2D eigenvalue weighted by atomic mass is 9.83. The van der Waals surface area contributed by atoms with Crippen LogP contribution < -0.4 is 4.74 Å². The van der Waals surface area contributed by atoms with E-state index in [1.165, 1.54) is 17.5 Å². The number of hydrogen-bond donors (Lipinski definition) is 0. The zero-order valence-corrected chi connectivity index (χ0v) is 15.4. The highest BCUT2D eigenvalue weighted by molar-refractivity contribution is 5.70. The van der Waals surface area contributed by atoms with Crippen LogP contribution in [0.3, 0.4) is 0 Å². The van der Waals surface area contributed by atoms with E-state index in [0.717, 1.165) is 24.1 Å². The first-order valence-corrected chi connectivity index (χ1v) is 8.89. The van der Waals surface area contributed by atoms with Gasteiger partial charge in [0.1, 0.15) is 0 Å². The van der Waals surface area contributed by atoms with Gasteiger partial charge in [0.2, 0.25) is 0 Å². The summed E-state index contributed by atoms with van der Waals surface area (Å²) in [5.41, 5.74) is 4.79. The van der Waals surface area contributed by atoms with Crippen LogP contribution in [0.5, 0.6) is 5.75 Å². The molecule has 1 aromatic carbocycles. The minimum absolute atomic E-state index is 0.547. The molecule has 1 aliphatic rings. The van der Waals surface area contributed by atoms with Crippen LogP contribution in [0.4, 0.5) is 0 Å². The molecule has 0 fully saturated rings. The van der Waals surface area contributed by atoms with Crippen LogP contribution in [-0.2, 0) is 12.8 Å². The van der Waals surface area contributed by atoms with Gasteiger partial charge in [-0.25, -0.2) is 0 Å². The monoisotopic (exact) mass is 328 g/mol. The summed E-state index contributed by atoms with van der Waals surface area (Å²) >= 11 is 0. The molecule has 4 nitrogen and oxygen atoms in total. The molecule has 3 rings (SSSR count). The van der Waals surface area contributed by atoms with Gasteiger partial charge >= 0.3 is 0 Å². The molecule has 2 aromatic rings. The lowest BCUT2D eigenvalue weighted by Gasteiger charge is -2.41. The minimum atomic E-state index is 0.547. The van der Waals surface area contributed by atoms with Gasteiger partial charge in [0.05, 0.1) is 7.11 Å². The van der Waals surface area contributed by atoms with Crippen LogP contribution in [0, 0.1) is 0 Å². The molecule has 0 amide bonds. The first-order chi connectivity index (χ1) is 11.5. The minimum Gasteiger partial charge on any atom is -0.491 e. The lowest BCUT2D eigenvalue weighted by Crippen LogP contribution is -2.47. The Morgan fingerprint density at radius 2 is 1.96 bits per heavy atom. The third-order valence-electron chi connectivity index (χ3n) is 5.09. The molecular formula is C20H28N2O2. The Labute approximate surface area is 144 Å². The summed E-state index contributed by atoms with van der Waals surface area (Å²) in [5, 5.41) is 4.19. The third kappa shape index (κ3) is 3.07. The Morgan fingerprint density at radius 1 is 1.21 bits per heavy atom. The van der Waals surface area contributed by atoms with E-state index >= 15 is 0 Å². The van der Waals surface area contributed by atoms with Crippen molar-refractivity contribution in [3.63, 3.8) is 0 Å². The van der Waals surface area contributed by atoms with Crippen molar-refractivity contribution in [1.82, 2.24) is 10.1 Å². The lowest BCUT2D eigenvalue weighted by molar-refractivity contribution is 0.102. The summed E-state index contributed by atoms with van der Waals surface area (Å²) in [5.74, 6) is 0.704. The maximum atomic E-state index is 5.41. The molecule has 0 saturated carbocycles. The average Bonchev–Trinajstić information content (AvgIpc) is 3.02. The van der Waals surface area contributed by atoms with Gasteiger partial charge in [-0.15, -0.1) is 0 Å². The molecule has 0 bridgehead atoms. The van der Waals surface area contributed by atoms with Crippen molar-refractivity contribution in [2.45, 2.75) is 65.1 Å². The van der Waals surface area contributed by atoms with Gasteiger partial charge in [-0.3, -0.25) is 4.90 Å². The molecule has 0 spiro atoms. The quantitative estimate of drug-likeness (QED) is 0.819. The normalized spacial score (nSPS) is 17.6. The molecule has 0 radical (unpaired) electrons. The molecule has 0 aliphatic heterocycles. The van der Waals surface area contributed by atoms with Gasteiger partial charge in [-0.2, -0.15) is 0 Å². The predicted octanol–water partition coefficient (Wildman–Crippen LogP) is 4.33. The molecule has 0 N–H and O–H groups in total. The van der Waals surface area contributed by atoms with E-state index in [9.17, 15) is 0 Å². The fourth-order valence-electron chi connectivity index (χ4n) is 4.24. The number of ether oxygens (including phenoxy) is 1. The number of hydrogen-bond acceptors (Lipinski definition) is 4. The Hall–Kier alpha value is -1.81. The summed E-state index contributed by atoms with van der Waals surface area (Å²) in [6.45, 7) is 9.17. The van der Waals surface area contributed by atoms with E-state index < -0.39 is 0 Å². The van der Waals surface area contributed by atoms with Crippen molar-refractivity contribution < 1.29 is 9.26 Å². The van der Waals surface area contributed by atoms with Crippen molar-refractivity contribution >= 4 is 0 Å². The van der Waals surface area contributed by atoms with Crippen LogP contribution in [0.25, 0.3) is 11.3 Å². The van der Waals surface area contributed by atoms with Crippen LogP contribution >= 0.6 is 0 Å². The number of aromatic nitrogens is 1. The molecule has 24 heavy (non-hydrogen) atoms. The van der Waals surface area contributed by atoms with Crippen LogP contribution in [0.15, 0.2) is 29.0 Å². The van der Waals surface area contributed by atoms with Crippen molar-refractivity contribution in [3.05, 3.63) is 35.6 Å². The second-order valence-electron chi connectivity index (χ2n) is 7.21. The fourth-order valence-corrected chi connectivity index (χ4v) is 4.24. The Balaban J connectivity index is 1.99. The summed E-state index contributed by atoms with van der Waals surface area (Å²) in [7, 11) is 1.66. The van der Waals surface area contributed by atoms with E-state index in [4.69, 9.17) is 9.26 Å². The smallest absolute Gasteiger partial charge is 0.186 e. The first-order valence-electron chi connectivity index (χ1n) is 8.89. The van der Waals surface area contributed by atoms with E-state index in [0.29, 0.717) is 23.9 Å². The Morgan fingerprint density at radius 3 is 2.62 bits per heavy atom. The van der Waals surface area contributed by atoms with E-state index in [2.05, 4.69) is 56.0 Å². The van der Waals surface area contributed by atoms with Gasteiger partial charge in [0.15, 0.2) is 17.7 Å². The summed E-state index contributed by atoms with van der Waals surface area (Å²) in [4.78, 5) is 2.64. The standard InChI is InChI=1S/C20H28N2O2/c1-13(2)22(14(3)4)16-10-9-15-7-6-8-17(18(15)11-16)20-19(23-5)12-24-21-20/h6-8,12-14,16H,9-11H2,1-5H3. The second-order valence-corrected chi connectivity index (χ2v) is 7.21. The number of rotatable bonds is 5. The maximum absolute atomic E-state index is 5.41. The highest BCUT2D eigenvalue weighted by atomic mass is 16.5. The largest absolute Gasteiger partial charge is 0.491 e. The highest BCUT2D eigenvalue weighted by Gasteiger charge is 2.30. The molecule has 4 heteroatoms. The molecular weight excluding hydrogens is 300 g/mol. The van der Waals surface area contributed by atoms with Crippen molar-refractivity contribution in [2.24, 2.45) is 0 Å². The van der Waals surface area contributed by atoms with Crippen LogP contribution in [0.1, 0.15) is 45.2 Å². The topological polar surface area (TPSA) is 38.5 Å². The number of fused-ring (bicyclic) bond motifs is 1. The molecule has 1 atom stereocenters. The molecule has 1 heterocycles. The van der Waals surface area contributed by atoms with E-state index in [1.54, 1.807) is 13.4 Å². The predicted molar refractivity (Wildman–Crippen MR) is 96.4 cm³/mol. The van der Waals surface area contributed by atoms with Gasteiger partial charge in [-0.05, 0) is 58.1 Å². The number of nitrogens with zero attached hydrogens (tertiary/aromatic N) is 2. The van der Waals surface area contributed by atoms with Crippen molar-refractivity contribution in [1.29, 1.82) is 0 Å². The van der Waals surface area contributed by atoms with Gasteiger partial charge < -0.3 is 9.26 Å². The summed E-state index contributed by atoms with van der Waals surface area (Å²) in [6, 6.07) is 8.16. The Bertz CT molecular complexity index is 683. The molecule has 1 unspecified atom stereocenters. The SMILES string of the molecule is COc1conc1-c1cccc2c1CC(N(C(C)C)C(C)C)CC2. The Kier molecular flexibility index (Phi) is 4.95. The van der Waals surface area contributed by atoms with E-state index in [1.807, 2.05) is 0 Å². The summed E-state index contributed by atoms with van der Waals surface area (Å²) < 4.78 is 10.6. The number of aryl methyl sites for hydroxylation is 1. The summed E-state index contributed by atoms with van der Waals surface area (Å²) in [6.07, 6.45) is 4.95. The molecule has 1 aromatic heterocycles. The van der Waals surface area contributed by atoms with E-state index in [-0.39, 0.29) is 0 Å². The zero-order chi connectivity index (χ0) is 17.3.